The van der Waals surface area contributed by atoms with Crippen LogP contribution in [0.2, 0.25) is 5.15 Å². The van der Waals surface area contributed by atoms with E-state index in [0.717, 1.165) is 12.2 Å². The zero-order valence-corrected chi connectivity index (χ0v) is 13.9. The Bertz CT molecular complexity index is 622. The summed E-state index contributed by atoms with van der Waals surface area (Å²) in [6.45, 7) is 2.14. The van der Waals surface area contributed by atoms with E-state index >= 15 is 0 Å². The summed E-state index contributed by atoms with van der Waals surface area (Å²) in [5, 5.41) is 0.947. The van der Waals surface area contributed by atoms with Gasteiger partial charge in [-0.15, -0.1) is 0 Å². The highest BCUT2D eigenvalue weighted by Gasteiger charge is 2.18. The van der Waals surface area contributed by atoms with E-state index in [9.17, 15) is 4.79 Å². The molecule has 6 heteroatoms. The van der Waals surface area contributed by atoms with Gasteiger partial charge in [0, 0.05) is 19.8 Å². The first-order valence-electron chi connectivity index (χ1n) is 6.69. The number of rotatable bonds is 5. The van der Waals surface area contributed by atoms with Gasteiger partial charge in [-0.2, -0.15) is 0 Å². The molecular formula is C15H18ClN3OS. The van der Waals surface area contributed by atoms with Crippen molar-refractivity contribution in [2.24, 2.45) is 0 Å². The summed E-state index contributed by atoms with van der Waals surface area (Å²) in [7, 11) is 3.35. The fourth-order valence-corrected chi connectivity index (χ4v) is 2.87. The van der Waals surface area contributed by atoms with Crippen molar-refractivity contribution in [3.8, 4) is 0 Å². The van der Waals surface area contributed by atoms with E-state index in [1.165, 1.54) is 27.8 Å². The topological polar surface area (TPSA) is 49.0 Å². The Morgan fingerprint density at radius 1 is 1.29 bits per heavy atom. The average Bonchev–Trinajstić information content (AvgIpc) is 2.85. The summed E-state index contributed by atoms with van der Waals surface area (Å²) in [6.07, 6.45) is 1.04. The predicted octanol–water partition coefficient (Wildman–Crippen LogP) is 3.62. The maximum atomic E-state index is 11.9. The van der Waals surface area contributed by atoms with Crippen LogP contribution in [-0.2, 0) is 12.2 Å². The number of halogens is 1. The minimum absolute atomic E-state index is 0.199. The lowest BCUT2D eigenvalue weighted by molar-refractivity contribution is 0.0822. The molecule has 0 fully saturated rings. The normalized spacial score (nSPS) is 10.7. The lowest BCUT2D eigenvalue weighted by Gasteiger charge is -2.07. The van der Waals surface area contributed by atoms with E-state index in [1.54, 1.807) is 14.1 Å². The quantitative estimate of drug-likeness (QED) is 0.855. The van der Waals surface area contributed by atoms with Crippen LogP contribution < -0.4 is 0 Å². The van der Waals surface area contributed by atoms with E-state index < -0.39 is 0 Å². The predicted molar refractivity (Wildman–Crippen MR) is 87.0 cm³/mol. The third-order valence-electron chi connectivity index (χ3n) is 3.05. The van der Waals surface area contributed by atoms with E-state index in [2.05, 4.69) is 41.2 Å². The molecule has 21 heavy (non-hydrogen) atoms. The van der Waals surface area contributed by atoms with E-state index in [-0.39, 0.29) is 16.8 Å². The molecule has 1 aromatic carbocycles. The van der Waals surface area contributed by atoms with Crippen molar-refractivity contribution in [1.82, 2.24) is 14.9 Å². The van der Waals surface area contributed by atoms with Crippen LogP contribution in [0.25, 0.3) is 0 Å². The molecule has 1 heterocycles. The lowest BCUT2D eigenvalue weighted by Crippen LogP contribution is -2.22. The first-order valence-corrected chi connectivity index (χ1v) is 8.05. The van der Waals surface area contributed by atoms with Gasteiger partial charge in [-0.05, 0) is 17.5 Å². The fourth-order valence-electron chi connectivity index (χ4n) is 1.78. The number of aromatic nitrogens is 2. The Balaban J connectivity index is 2.03. The number of imidazole rings is 1. The molecule has 4 nitrogen and oxygen atoms in total. The zero-order chi connectivity index (χ0) is 15.4. The minimum Gasteiger partial charge on any atom is -0.343 e. The number of carbonyl (C=O) groups excluding carboxylic acids is 1. The fraction of sp³-hybridized carbons (Fsp3) is 0.333. The van der Waals surface area contributed by atoms with Crippen molar-refractivity contribution in [3.63, 3.8) is 0 Å². The van der Waals surface area contributed by atoms with Gasteiger partial charge in [0.1, 0.15) is 5.15 Å². The van der Waals surface area contributed by atoms with Gasteiger partial charge in [-0.1, -0.05) is 54.6 Å². The maximum Gasteiger partial charge on any atom is 0.275 e. The number of hydrogen-bond donors (Lipinski definition) is 1. The highest BCUT2D eigenvalue weighted by atomic mass is 35.5. The van der Waals surface area contributed by atoms with Crippen LogP contribution in [0.4, 0.5) is 0 Å². The number of nitrogens with zero attached hydrogens (tertiary/aromatic N) is 2. The summed E-state index contributed by atoms with van der Waals surface area (Å²) < 4.78 is 0. The molecule has 1 N–H and O–H groups in total. The number of carbonyl (C=O) groups is 1. The standard InChI is InChI=1S/C15H18ClN3OS/c1-4-10-5-7-11(8-6-10)9-21-15-17-12(13(16)18-15)14(20)19(2)3/h5-8H,4,9H2,1-3H3,(H,17,18). The molecule has 1 aromatic heterocycles. The summed E-state index contributed by atoms with van der Waals surface area (Å²) in [5.41, 5.74) is 2.80. The third-order valence-corrected chi connectivity index (χ3v) is 4.27. The lowest BCUT2D eigenvalue weighted by atomic mass is 10.1. The van der Waals surface area contributed by atoms with Crippen LogP contribution >= 0.6 is 23.4 Å². The van der Waals surface area contributed by atoms with Crippen molar-refractivity contribution in [1.29, 1.82) is 0 Å². The van der Waals surface area contributed by atoms with Crippen LogP contribution in [0.3, 0.4) is 0 Å². The van der Waals surface area contributed by atoms with Gasteiger partial charge in [0.25, 0.3) is 5.91 Å². The van der Waals surface area contributed by atoms with Gasteiger partial charge >= 0.3 is 0 Å². The van der Waals surface area contributed by atoms with Crippen molar-refractivity contribution >= 4 is 29.3 Å². The van der Waals surface area contributed by atoms with Crippen molar-refractivity contribution in [2.75, 3.05) is 14.1 Å². The van der Waals surface area contributed by atoms with E-state index in [0.29, 0.717) is 5.16 Å². The second kappa shape index (κ2) is 7.00. The molecule has 1 amide bonds. The third kappa shape index (κ3) is 4.02. The van der Waals surface area contributed by atoms with Crippen LogP contribution in [0.5, 0.6) is 0 Å². The molecule has 0 atom stereocenters. The molecular weight excluding hydrogens is 306 g/mol. The number of benzene rings is 1. The Labute approximate surface area is 133 Å². The first kappa shape index (κ1) is 15.9. The van der Waals surface area contributed by atoms with Gasteiger partial charge in [0.05, 0.1) is 0 Å². The van der Waals surface area contributed by atoms with Crippen LogP contribution in [0, 0.1) is 0 Å². The Morgan fingerprint density at radius 2 is 1.90 bits per heavy atom. The van der Waals surface area contributed by atoms with Crippen molar-refractivity contribution < 1.29 is 4.79 Å². The average molecular weight is 324 g/mol. The zero-order valence-electron chi connectivity index (χ0n) is 12.3. The number of amides is 1. The SMILES string of the molecule is CCc1ccc(CSc2nc(C(=O)N(C)C)c(Cl)[nH]2)cc1. The van der Waals surface area contributed by atoms with Gasteiger partial charge in [0.15, 0.2) is 10.9 Å². The molecule has 0 spiro atoms. The highest BCUT2D eigenvalue weighted by Crippen LogP contribution is 2.24. The highest BCUT2D eigenvalue weighted by molar-refractivity contribution is 7.98. The summed E-state index contributed by atoms with van der Waals surface area (Å²) in [4.78, 5) is 20.5. The first-order chi connectivity index (χ1) is 10.0. The van der Waals surface area contributed by atoms with E-state index in [4.69, 9.17) is 11.6 Å². The van der Waals surface area contributed by atoms with E-state index in [1.807, 2.05) is 0 Å². The molecule has 0 unspecified atom stereocenters. The molecule has 2 aromatic rings. The molecule has 0 aliphatic carbocycles. The number of aryl methyl sites for hydroxylation is 1. The summed E-state index contributed by atoms with van der Waals surface area (Å²) >= 11 is 7.56. The smallest absolute Gasteiger partial charge is 0.275 e. The maximum absolute atomic E-state index is 11.9. The summed E-state index contributed by atoms with van der Waals surface area (Å²) in [5.74, 6) is 0.582. The number of nitrogens with one attached hydrogen (secondary N) is 1. The molecule has 0 saturated carbocycles. The molecule has 2 rings (SSSR count). The van der Waals surface area contributed by atoms with Gasteiger partial charge in [0.2, 0.25) is 0 Å². The Morgan fingerprint density at radius 3 is 2.48 bits per heavy atom. The van der Waals surface area contributed by atoms with Crippen molar-refractivity contribution in [3.05, 3.63) is 46.2 Å². The monoisotopic (exact) mass is 323 g/mol. The number of thioether (sulfide) groups is 1. The molecule has 0 saturated heterocycles. The van der Waals surface area contributed by atoms with Crippen LogP contribution in [0.1, 0.15) is 28.5 Å². The van der Waals surface area contributed by atoms with Crippen LogP contribution in [0.15, 0.2) is 29.4 Å². The number of aromatic amines is 1. The minimum atomic E-state index is -0.199. The van der Waals surface area contributed by atoms with Gasteiger partial charge in [-0.3, -0.25) is 4.79 Å². The van der Waals surface area contributed by atoms with Crippen LogP contribution in [-0.4, -0.2) is 34.9 Å². The van der Waals surface area contributed by atoms with Gasteiger partial charge in [-0.25, -0.2) is 4.98 Å². The molecule has 112 valence electrons. The second-order valence-corrected chi connectivity index (χ2v) is 6.20. The Hall–Kier alpha value is -1.46. The molecule has 0 aliphatic heterocycles. The molecule has 0 radical (unpaired) electrons. The van der Waals surface area contributed by atoms with Crippen molar-refractivity contribution in [2.45, 2.75) is 24.3 Å². The summed E-state index contributed by atoms with van der Waals surface area (Å²) in [6, 6.07) is 8.49. The second-order valence-electron chi connectivity index (χ2n) is 4.86. The number of H-pyrrole nitrogens is 1. The molecule has 0 aliphatic rings. The molecule has 0 bridgehead atoms. The number of hydrogen-bond acceptors (Lipinski definition) is 3. The Kier molecular flexibility index (Phi) is 5.31. The largest absolute Gasteiger partial charge is 0.343 e. The van der Waals surface area contributed by atoms with Gasteiger partial charge < -0.3 is 9.88 Å².